The molecule has 0 N–H and O–H groups in total. The summed E-state index contributed by atoms with van der Waals surface area (Å²) < 4.78 is 5.17. The van der Waals surface area contributed by atoms with Gasteiger partial charge in [-0.15, -0.1) is 0 Å². The average molecular weight is 304 g/mol. The van der Waals surface area contributed by atoms with Gasteiger partial charge in [0.25, 0.3) is 5.91 Å². The van der Waals surface area contributed by atoms with Gasteiger partial charge in [-0.1, -0.05) is 0 Å². The van der Waals surface area contributed by atoms with Gasteiger partial charge in [0.15, 0.2) is 5.76 Å². The lowest BCUT2D eigenvalue weighted by Crippen LogP contribution is -2.47. The van der Waals surface area contributed by atoms with Crippen LogP contribution in [-0.4, -0.2) is 46.8 Å². The molecular formula is C17H24N2O3. The molecule has 2 amide bonds. The topological polar surface area (TPSA) is 53.8 Å². The monoisotopic (exact) mass is 304 g/mol. The van der Waals surface area contributed by atoms with Crippen molar-refractivity contribution in [3.63, 3.8) is 0 Å². The Morgan fingerprint density at radius 2 is 1.91 bits per heavy atom. The van der Waals surface area contributed by atoms with E-state index in [0.717, 1.165) is 25.7 Å². The second-order valence-electron chi connectivity index (χ2n) is 6.61. The number of amides is 2. The molecule has 3 rings (SSSR count). The minimum atomic E-state index is -0.0705. The summed E-state index contributed by atoms with van der Waals surface area (Å²) in [5.74, 6) is 0.650. The standard InChI is InChI=1S/C17H24N2O3/c1-12(2)19(14-5-6-14)16(20)13-7-9-18(10-8-13)17(21)15-4-3-11-22-15/h3-4,11-14H,5-10H2,1-2H3. The normalized spacial score (nSPS) is 19.5. The maximum Gasteiger partial charge on any atom is 0.289 e. The first-order chi connectivity index (χ1) is 10.6. The van der Waals surface area contributed by atoms with Gasteiger partial charge in [0.05, 0.1) is 6.26 Å². The second-order valence-corrected chi connectivity index (χ2v) is 6.61. The Kier molecular flexibility index (Phi) is 4.23. The van der Waals surface area contributed by atoms with Gasteiger partial charge in [-0.25, -0.2) is 0 Å². The van der Waals surface area contributed by atoms with Crippen LogP contribution in [0.3, 0.4) is 0 Å². The van der Waals surface area contributed by atoms with Crippen molar-refractivity contribution >= 4 is 11.8 Å². The summed E-state index contributed by atoms with van der Waals surface area (Å²) in [5.41, 5.74) is 0. The molecule has 5 heteroatoms. The van der Waals surface area contributed by atoms with E-state index in [2.05, 4.69) is 18.7 Å². The van der Waals surface area contributed by atoms with E-state index in [-0.39, 0.29) is 23.8 Å². The average Bonchev–Trinajstić information content (AvgIpc) is 3.18. The van der Waals surface area contributed by atoms with Crippen LogP contribution in [-0.2, 0) is 4.79 Å². The zero-order valence-electron chi connectivity index (χ0n) is 13.3. The predicted octanol–water partition coefficient (Wildman–Crippen LogP) is 2.53. The van der Waals surface area contributed by atoms with Crippen molar-refractivity contribution in [3.05, 3.63) is 24.2 Å². The van der Waals surface area contributed by atoms with Crippen LogP contribution < -0.4 is 0 Å². The lowest BCUT2D eigenvalue weighted by molar-refractivity contribution is -0.139. The van der Waals surface area contributed by atoms with Crippen LogP contribution in [0.4, 0.5) is 0 Å². The smallest absolute Gasteiger partial charge is 0.289 e. The highest BCUT2D eigenvalue weighted by Gasteiger charge is 2.38. The molecule has 1 saturated carbocycles. The number of likely N-dealkylation sites (tertiary alicyclic amines) is 1. The Hall–Kier alpha value is -1.78. The molecule has 0 unspecified atom stereocenters. The van der Waals surface area contributed by atoms with Crippen molar-refractivity contribution in [1.29, 1.82) is 0 Å². The Labute approximate surface area is 131 Å². The number of furan rings is 1. The van der Waals surface area contributed by atoms with E-state index in [4.69, 9.17) is 4.42 Å². The highest BCUT2D eigenvalue weighted by Crippen LogP contribution is 2.32. The zero-order valence-corrected chi connectivity index (χ0v) is 13.3. The largest absolute Gasteiger partial charge is 0.459 e. The Balaban J connectivity index is 1.57. The molecule has 0 atom stereocenters. The van der Waals surface area contributed by atoms with E-state index in [1.54, 1.807) is 17.0 Å². The van der Waals surface area contributed by atoms with Gasteiger partial charge in [0.2, 0.25) is 5.91 Å². The van der Waals surface area contributed by atoms with Crippen LogP contribution in [0.1, 0.15) is 50.1 Å². The van der Waals surface area contributed by atoms with Crippen LogP contribution in [0.15, 0.2) is 22.8 Å². The molecule has 0 spiro atoms. The fraction of sp³-hybridized carbons (Fsp3) is 0.647. The third kappa shape index (κ3) is 3.03. The summed E-state index contributed by atoms with van der Waals surface area (Å²) in [4.78, 5) is 28.8. The third-order valence-corrected chi connectivity index (χ3v) is 4.61. The van der Waals surface area contributed by atoms with Crippen LogP contribution in [0.2, 0.25) is 0 Å². The summed E-state index contributed by atoms with van der Waals surface area (Å²) >= 11 is 0. The molecule has 0 radical (unpaired) electrons. The molecule has 1 aliphatic carbocycles. The summed E-state index contributed by atoms with van der Waals surface area (Å²) in [6, 6.07) is 4.13. The van der Waals surface area contributed by atoms with Gasteiger partial charge in [-0.2, -0.15) is 0 Å². The Morgan fingerprint density at radius 3 is 2.41 bits per heavy atom. The molecule has 5 nitrogen and oxygen atoms in total. The maximum atomic E-state index is 12.7. The molecule has 2 heterocycles. The number of rotatable bonds is 4. The number of carbonyl (C=O) groups excluding carboxylic acids is 2. The van der Waals surface area contributed by atoms with Crippen molar-refractivity contribution in [2.45, 2.75) is 51.6 Å². The minimum absolute atomic E-state index is 0.0589. The molecule has 1 aromatic heterocycles. The van der Waals surface area contributed by atoms with Crippen LogP contribution in [0, 0.1) is 5.92 Å². The third-order valence-electron chi connectivity index (χ3n) is 4.61. The summed E-state index contributed by atoms with van der Waals surface area (Å²) in [6.45, 7) is 5.44. The van der Waals surface area contributed by atoms with Crippen molar-refractivity contribution in [2.24, 2.45) is 5.92 Å². The molecule has 120 valence electrons. The summed E-state index contributed by atoms with van der Waals surface area (Å²) in [7, 11) is 0. The van der Waals surface area contributed by atoms with E-state index in [0.29, 0.717) is 24.9 Å². The lowest BCUT2D eigenvalue weighted by atomic mass is 9.94. The highest BCUT2D eigenvalue weighted by molar-refractivity contribution is 5.91. The molecule has 1 aliphatic heterocycles. The van der Waals surface area contributed by atoms with E-state index >= 15 is 0 Å². The highest BCUT2D eigenvalue weighted by atomic mass is 16.3. The second kappa shape index (κ2) is 6.15. The predicted molar refractivity (Wildman–Crippen MR) is 82.3 cm³/mol. The first-order valence-corrected chi connectivity index (χ1v) is 8.23. The quantitative estimate of drug-likeness (QED) is 0.859. The van der Waals surface area contributed by atoms with E-state index in [9.17, 15) is 9.59 Å². The van der Waals surface area contributed by atoms with Gasteiger partial charge in [-0.3, -0.25) is 9.59 Å². The Bertz CT molecular complexity index is 524. The van der Waals surface area contributed by atoms with Gasteiger partial charge in [-0.05, 0) is 51.7 Å². The molecule has 22 heavy (non-hydrogen) atoms. The van der Waals surface area contributed by atoms with Gasteiger partial charge < -0.3 is 14.2 Å². The first kappa shape index (κ1) is 15.1. The van der Waals surface area contributed by atoms with Crippen molar-refractivity contribution in [1.82, 2.24) is 9.80 Å². The minimum Gasteiger partial charge on any atom is -0.459 e. The fourth-order valence-corrected chi connectivity index (χ4v) is 3.31. The molecule has 0 bridgehead atoms. The molecule has 0 aromatic carbocycles. The molecule has 2 fully saturated rings. The summed E-state index contributed by atoms with van der Waals surface area (Å²) in [6.07, 6.45) is 5.29. The number of hydrogen-bond donors (Lipinski definition) is 0. The van der Waals surface area contributed by atoms with Crippen molar-refractivity contribution < 1.29 is 14.0 Å². The van der Waals surface area contributed by atoms with Crippen LogP contribution in [0.5, 0.6) is 0 Å². The first-order valence-electron chi connectivity index (χ1n) is 8.23. The number of hydrogen-bond acceptors (Lipinski definition) is 3. The van der Waals surface area contributed by atoms with Crippen molar-refractivity contribution in [3.8, 4) is 0 Å². The number of carbonyl (C=O) groups is 2. The molecule has 2 aliphatic rings. The molecular weight excluding hydrogens is 280 g/mol. The molecule has 1 aromatic rings. The fourth-order valence-electron chi connectivity index (χ4n) is 3.31. The van der Waals surface area contributed by atoms with Gasteiger partial charge >= 0.3 is 0 Å². The van der Waals surface area contributed by atoms with Gasteiger partial charge in [0.1, 0.15) is 0 Å². The van der Waals surface area contributed by atoms with Crippen LogP contribution in [0.25, 0.3) is 0 Å². The molecule has 1 saturated heterocycles. The van der Waals surface area contributed by atoms with E-state index < -0.39 is 0 Å². The Morgan fingerprint density at radius 1 is 1.23 bits per heavy atom. The maximum absolute atomic E-state index is 12.7. The summed E-state index contributed by atoms with van der Waals surface area (Å²) in [5, 5.41) is 0. The van der Waals surface area contributed by atoms with Crippen molar-refractivity contribution in [2.75, 3.05) is 13.1 Å². The lowest BCUT2D eigenvalue weighted by Gasteiger charge is -2.35. The zero-order chi connectivity index (χ0) is 15.7. The van der Waals surface area contributed by atoms with E-state index in [1.165, 1.54) is 6.26 Å². The van der Waals surface area contributed by atoms with Gasteiger partial charge in [0, 0.05) is 31.1 Å². The number of nitrogens with zero attached hydrogens (tertiary/aromatic N) is 2. The number of piperidine rings is 1. The van der Waals surface area contributed by atoms with Crippen LogP contribution >= 0.6 is 0 Å². The van der Waals surface area contributed by atoms with E-state index in [1.807, 2.05) is 0 Å². The SMILES string of the molecule is CC(C)N(C(=O)C1CCN(C(=O)c2ccco2)CC1)C1CC1.